The molecule has 4 atom stereocenters. The van der Waals surface area contributed by atoms with Gasteiger partial charge in [0.1, 0.15) is 11.7 Å². The van der Waals surface area contributed by atoms with Crippen LogP contribution in [0.3, 0.4) is 0 Å². The van der Waals surface area contributed by atoms with Gasteiger partial charge in [0, 0.05) is 6.42 Å². The van der Waals surface area contributed by atoms with E-state index in [4.69, 9.17) is 9.47 Å². The summed E-state index contributed by atoms with van der Waals surface area (Å²) in [5.41, 5.74) is -7.50. The molecule has 0 spiro atoms. The summed E-state index contributed by atoms with van der Waals surface area (Å²) in [5.74, 6) is -1.29. The third-order valence-electron chi connectivity index (χ3n) is 7.90. The second-order valence-electron chi connectivity index (χ2n) is 11.2. The Balaban J connectivity index is 2.94. The average molecular weight is 535 g/mol. The maximum atomic E-state index is 13.0. The molecule has 0 bridgehead atoms. The Labute approximate surface area is 209 Å². The molecule has 212 valence electrons. The number of rotatable bonds is 11. The zero-order valence-electron chi connectivity index (χ0n) is 22.2. The first-order valence-electron chi connectivity index (χ1n) is 12.4. The van der Waals surface area contributed by atoms with Crippen molar-refractivity contribution in [1.29, 1.82) is 0 Å². The van der Waals surface area contributed by atoms with Gasteiger partial charge in [0.15, 0.2) is 0 Å². The predicted octanol–water partition coefficient (Wildman–Crippen LogP) is 6.90. The lowest BCUT2D eigenvalue weighted by atomic mass is 9.77. The number of ether oxygens (including phenoxy) is 2. The first-order valence-corrected chi connectivity index (χ1v) is 12.4. The topological polar surface area (TPSA) is 72.8 Å². The van der Waals surface area contributed by atoms with E-state index in [9.17, 15) is 41.0 Å². The third kappa shape index (κ3) is 7.07. The Kier molecular flexibility index (Phi) is 10.00. The Morgan fingerprint density at radius 3 is 1.92 bits per heavy atom. The van der Waals surface area contributed by atoms with E-state index in [0.29, 0.717) is 32.1 Å². The molecular formula is C25H40F6O5. The summed E-state index contributed by atoms with van der Waals surface area (Å²) in [5, 5.41) is 9.41. The summed E-state index contributed by atoms with van der Waals surface area (Å²) in [6, 6.07) is 0. The number of aliphatic hydroxyl groups is 1. The van der Waals surface area contributed by atoms with Gasteiger partial charge in [0.25, 0.3) is 5.60 Å². The molecule has 0 heterocycles. The van der Waals surface area contributed by atoms with Crippen molar-refractivity contribution in [3.63, 3.8) is 0 Å². The minimum atomic E-state index is -5.99. The number of hydrogen-bond donors (Lipinski definition) is 1. The molecule has 1 rings (SSSR count). The van der Waals surface area contributed by atoms with Crippen LogP contribution in [0, 0.1) is 16.7 Å². The number of carbonyl (C=O) groups is 2. The molecule has 1 aliphatic rings. The van der Waals surface area contributed by atoms with Crippen LogP contribution in [0.5, 0.6) is 0 Å². The molecule has 0 amide bonds. The monoisotopic (exact) mass is 534 g/mol. The number of carbonyl (C=O) groups excluding carboxylic acids is 2. The summed E-state index contributed by atoms with van der Waals surface area (Å²) >= 11 is 0. The third-order valence-corrected chi connectivity index (χ3v) is 7.90. The van der Waals surface area contributed by atoms with Gasteiger partial charge in [-0.3, -0.25) is 9.59 Å². The molecule has 4 unspecified atom stereocenters. The van der Waals surface area contributed by atoms with Crippen LogP contribution in [0.15, 0.2) is 0 Å². The fraction of sp³-hybridized carbons (Fsp3) is 0.920. The largest absolute Gasteiger partial charge is 0.462 e. The Morgan fingerprint density at radius 1 is 0.972 bits per heavy atom. The van der Waals surface area contributed by atoms with Crippen molar-refractivity contribution >= 4 is 11.9 Å². The molecule has 1 fully saturated rings. The van der Waals surface area contributed by atoms with Gasteiger partial charge in [0.05, 0.1) is 10.8 Å². The molecule has 5 nitrogen and oxygen atoms in total. The van der Waals surface area contributed by atoms with Crippen LogP contribution in [0.2, 0.25) is 0 Å². The predicted molar refractivity (Wildman–Crippen MR) is 121 cm³/mol. The Morgan fingerprint density at radius 2 is 1.50 bits per heavy atom. The van der Waals surface area contributed by atoms with E-state index in [0.717, 1.165) is 6.92 Å². The lowest BCUT2D eigenvalue weighted by molar-refractivity contribution is -0.373. The van der Waals surface area contributed by atoms with Crippen molar-refractivity contribution in [1.82, 2.24) is 0 Å². The van der Waals surface area contributed by atoms with Gasteiger partial charge in [-0.2, -0.15) is 26.3 Å². The fourth-order valence-corrected chi connectivity index (χ4v) is 4.52. The van der Waals surface area contributed by atoms with Gasteiger partial charge >= 0.3 is 24.3 Å². The number of esters is 2. The lowest BCUT2D eigenvalue weighted by Crippen LogP contribution is -2.58. The smallest absolute Gasteiger partial charge is 0.426 e. The van der Waals surface area contributed by atoms with Gasteiger partial charge < -0.3 is 14.6 Å². The zero-order valence-corrected chi connectivity index (χ0v) is 22.2. The van der Waals surface area contributed by atoms with Crippen molar-refractivity contribution in [2.75, 3.05) is 0 Å². The molecule has 0 saturated heterocycles. The van der Waals surface area contributed by atoms with E-state index in [1.54, 1.807) is 27.7 Å². The molecule has 0 aromatic rings. The molecule has 1 N–H and O–H groups in total. The summed E-state index contributed by atoms with van der Waals surface area (Å²) in [4.78, 5) is 25.6. The van der Waals surface area contributed by atoms with E-state index in [2.05, 4.69) is 0 Å². The minimum Gasteiger partial charge on any atom is -0.462 e. The van der Waals surface area contributed by atoms with E-state index in [1.165, 1.54) is 0 Å². The Bertz CT molecular complexity index is 764. The SMILES string of the molecule is CCC1(OC(=O)C(C)(C)CC)CCC(CC(C)(CC)C(=O)OC(C)CC(O)(C(F)(F)F)C(F)(F)F)C1. The van der Waals surface area contributed by atoms with E-state index in [-0.39, 0.29) is 24.7 Å². The summed E-state index contributed by atoms with van der Waals surface area (Å²) in [6.45, 7) is 11.5. The van der Waals surface area contributed by atoms with Crippen molar-refractivity contribution in [2.45, 2.75) is 129 Å². The van der Waals surface area contributed by atoms with E-state index < -0.39 is 52.9 Å². The summed E-state index contributed by atoms with van der Waals surface area (Å²) < 4.78 is 89.0. The highest BCUT2D eigenvalue weighted by molar-refractivity contribution is 5.77. The molecule has 1 aliphatic carbocycles. The molecular weight excluding hydrogens is 494 g/mol. The molecule has 11 heteroatoms. The van der Waals surface area contributed by atoms with Gasteiger partial charge in [-0.25, -0.2) is 0 Å². The zero-order chi connectivity index (χ0) is 28.4. The maximum Gasteiger partial charge on any atom is 0.426 e. The molecule has 0 radical (unpaired) electrons. The number of alkyl halides is 6. The van der Waals surface area contributed by atoms with Gasteiger partial charge in [-0.1, -0.05) is 20.8 Å². The summed E-state index contributed by atoms with van der Waals surface area (Å²) in [7, 11) is 0. The highest BCUT2D eigenvalue weighted by Crippen LogP contribution is 2.48. The second-order valence-corrected chi connectivity index (χ2v) is 11.2. The van der Waals surface area contributed by atoms with Crippen molar-refractivity contribution in [2.24, 2.45) is 16.7 Å². The van der Waals surface area contributed by atoms with Crippen LogP contribution in [0.25, 0.3) is 0 Å². The molecule has 0 aliphatic heterocycles. The van der Waals surface area contributed by atoms with Gasteiger partial charge in [0.2, 0.25) is 0 Å². The van der Waals surface area contributed by atoms with Crippen LogP contribution in [-0.4, -0.2) is 46.7 Å². The van der Waals surface area contributed by atoms with Crippen LogP contribution in [-0.2, 0) is 19.1 Å². The van der Waals surface area contributed by atoms with Crippen molar-refractivity contribution in [3.8, 4) is 0 Å². The molecule has 36 heavy (non-hydrogen) atoms. The lowest BCUT2D eigenvalue weighted by Gasteiger charge is -2.36. The van der Waals surface area contributed by atoms with Gasteiger partial charge in [-0.05, 0) is 78.6 Å². The summed E-state index contributed by atoms with van der Waals surface area (Å²) in [6.07, 6.45) is -12.3. The van der Waals surface area contributed by atoms with Crippen molar-refractivity contribution in [3.05, 3.63) is 0 Å². The molecule has 0 aromatic heterocycles. The maximum absolute atomic E-state index is 13.0. The number of halogens is 6. The first-order chi connectivity index (χ1) is 16.1. The second kappa shape index (κ2) is 11.1. The van der Waals surface area contributed by atoms with E-state index >= 15 is 0 Å². The normalized spacial score (nSPS) is 24.2. The number of hydrogen-bond acceptors (Lipinski definition) is 5. The Hall–Kier alpha value is -1.52. The minimum absolute atomic E-state index is 0.0578. The molecule has 1 saturated carbocycles. The standard InChI is InChI=1S/C25H40F6O5/c1-8-20(5,6)18(32)36-22(10-3)12-11-17(15-22)14-21(7,9-2)19(33)35-16(4)13-23(34,24(26,27)28)25(29,30)31/h16-17,34H,8-15H2,1-7H3. The average Bonchev–Trinajstić information content (AvgIpc) is 3.14. The van der Waals surface area contributed by atoms with Gasteiger partial charge in [-0.15, -0.1) is 0 Å². The highest BCUT2D eigenvalue weighted by atomic mass is 19.4. The van der Waals surface area contributed by atoms with Crippen LogP contribution in [0.1, 0.15) is 99.8 Å². The first kappa shape index (κ1) is 32.5. The highest BCUT2D eigenvalue weighted by Gasteiger charge is 2.70. The van der Waals surface area contributed by atoms with Crippen LogP contribution in [0.4, 0.5) is 26.3 Å². The van der Waals surface area contributed by atoms with E-state index in [1.807, 2.05) is 13.8 Å². The van der Waals surface area contributed by atoms with Crippen LogP contribution >= 0.6 is 0 Å². The van der Waals surface area contributed by atoms with Crippen molar-refractivity contribution < 1.29 is 50.5 Å². The van der Waals surface area contributed by atoms with Crippen LogP contribution < -0.4 is 0 Å². The fourth-order valence-electron chi connectivity index (χ4n) is 4.52. The molecule has 0 aromatic carbocycles. The quantitative estimate of drug-likeness (QED) is 0.231.